The molecule has 0 radical (unpaired) electrons. The van der Waals surface area contributed by atoms with Crippen molar-refractivity contribution in [3.05, 3.63) is 24.8 Å². The minimum Gasteiger partial charge on any atom is -0.481 e. The standard InChI is InChI=1S/C37H68O4/c1-3-5-6-7-8-9-10-11-12-13-14-15-16-17-18-19-20-21-22-23-24-25-26-27-28-29-30-31-32-35(37(39)40)34-36(38)41-33-4-2/h4,7-8,35H,2-3,5-6,9-34H2,1H3,(H,39,40)/b8-7+. The fourth-order valence-electron chi connectivity index (χ4n) is 5.47. The van der Waals surface area contributed by atoms with Gasteiger partial charge in [-0.05, 0) is 25.7 Å². The molecule has 0 heterocycles. The molecule has 1 unspecified atom stereocenters. The Bertz CT molecular complexity index is 612. The van der Waals surface area contributed by atoms with Crippen molar-refractivity contribution in [3.63, 3.8) is 0 Å². The van der Waals surface area contributed by atoms with E-state index < -0.39 is 17.9 Å². The van der Waals surface area contributed by atoms with Crippen LogP contribution in [0.5, 0.6) is 0 Å². The summed E-state index contributed by atoms with van der Waals surface area (Å²) in [6.07, 6.45) is 41.5. The maximum atomic E-state index is 11.6. The second-order valence-corrected chi connectivity index (χ2v) is 12.2. The number of hydrogen-bond donors (Lipinski definition) is 1. The Balaban J connectivity index is 3.27. The van der Waals surface area contributed by atoms with Gasteiger partial charge in [-0.15, -0.1) is 0 Å². The number of ether oxygens (including phenoxy) is 1. The fourth-order valence-corrected chi connectivity index (χ4v) is 5.47. The summed E-state index contributed by atoms with van der Waals surface area (Å²) in [6.45, 7) is 5.90. The van der Waals surface area contributed by atoms with Crippen molar-refractivity contribution in [2.24, 2.45) is 5.92 Å². The molecule has 0 saturated carbocycles. The number of carbonyl (C=O) groups excluding carboxylic acids is 1. The predicted molar refractivity (Wildman–Crippen MR) is 176 cm³/mol. The van der Waals surface area contributed by atoms with E-state index in [1.165, 1.54) is 154 Å². The van der Waals surface area contributed by atoms with Crippen LogP contribution < -0.4 is 0 Å². The second-order valence-electron chi connectivity index (χ2n) is 12.2. The first-order valence-electron chi connectivity index (χ1n) is 17.8. The zero-order valence-electron chi connectivity index (χ0n) is 27.2. The monoisotopic (exact) mass is 577 g/mol. The number of unbranched alkanes of at least 4 members (excludes halogenated alkanes) is 24. The lowest BCUT2D eigenvalue weighted by molar-refractivity contribution is -0.151. The van der Waals surface area contributed by atoms with Gasteiger partial charge in [0.05, 0.1) is 12.3 Å². The summed E-state index contributed by atoms with van der Waals surface area (Å²) in [7, 11) is 0. The number of carboxylic acid groups (broad SMARTS) is 1. The highest BCUT2D eigenvalue weighted by Crippen LogP contribution is 2.18. The van der Waals surface area contributed by atoms with E-state index in [-0.39, 0.29) is 13.0 Å². The number of carboxylic acids is 1. The molecule has 0 amide bonds. The van der Waals surface area contributed by atoms with E-state index in [1.807, 2.05) is 0 Å². The van der Waals surface area contributed by atoms with Crippen LogP contribution in [0.4, 0.5) is 0 Å². The molecule has 0 spiro atoms. The minimum absolute atomic E-state index is 0.0403. The Hall–Kier alpha value is -1.58. The van der Waals surface area contributed by atoms with Crippen LogP contribution in [0.1, 0.15) is 187 Å². The summed E-state index contributed by atoms with van der Waals surface area (Å²) in [6, 6.07) is 0. The molecule has 1 atom stereocenters. The van der Waals surface area contributed by atoms with Gasteiger partial charge in [0.1, 0.15) is 6.61 Å². The molecule has 4 nitrogen and oxygen atoms in total. The van der Waals surface area contributed by atoms with E-state index in [0.717, 1.165) is 19.3 Å². The molecule has 0 aromatic carbocycles. The normalized spacial score (nSPS) is 12.1. The largest absolute Gasteiger partial charge is 0.481 e. The predicted octanol–water partition coefficient (Wildman–Crippen LogP) is 11.9. The van der Waals surface area contributed by atoms with Gasteiger partial charge in [0, 0.05) is 0 Å². The van der Waals surface area contributed by atoms with Gasteiger partial charge >= 0.3 is 11.9 Å². The Morgan fingerprint density at radius 1 is 0.610 bits per heavy atom. The SMILES string of the molecule is C=CCOC(=O)CC(CCCCCCCCCCCCCCCCCCCCCCCC/C=C/CCCC)C(=O)O. The van der Waals surface area contributed by atoms with E-state index in [0.29, 0.717) is 6.42 Å². The lowest BCUT2D eigenvalue weighted by atomic mass is 9.97. The summed E-state index contributed by atoms with van der Waals surface area (Å²) < 4.78 is 4.91. The number of hydrogen-bond acceptors (Lipinski definition) is 3. The Labute approximate surface area is 255 Å². The van der Waals surface area contributed by atoms with Gasteiger partial charge < -0.3 is 9.84 Å². The molecular formula is C37H68O4. The highest BCUT2D eigenvalue weighted by Gasteiger charge is 2.21. The minimum atomic E-state index is -0.899. The number of carbonyl (C=O) groups is 2. The molecular weight excluding hydrogens is 508 g/mol. The van der Waals surface area contributed by atoms with Gasteiger partial charge in [-0.3, -0.25) is 9.59 Å². The van der Waals surface area contributed by atoms with Crippen molar-refractivity contribution in [3.8, 4) is 0 Å². The third kappa shape index (κ3) is 31.2. The van der Waals surface area contributed by atoms with Crippen molar-refractivity contribution in [1.29, 1.82) is 0 Å². The fraction of sp³-hybridized carbons (Fsp3) is 0.838. The number of allylic oxidation sites excluding steroid dienone is 2. The molecule has 0 bridgehead atoms. The van der Waals surface area contributed by atoms with Crippen molar-refractivity contribution in [1.82, 2.24) is 0 Å². The van der Waals surface area contributed by atoms with E-state index in [1.54, 1.807) is 0 Å². The summed E-state index contributed by atoms with van der Waals surface area (Å²) in [4.78, 5) is 23.0. The maximum Gasteiger partial charge on any atom is 0.307 e. The summed E-state index contributed by atoms with van der Waals surface area (Å²) in [5.74, 6) is -1.98. The lowest BCUT2D eigenvalue weighted by Gasteiger charge is -2.11. The van der Waals surface area contributed by atoms with Crippen LogP contribution in [0.2, 0.25) is 0 Å². The van der Waals surface area contributed by atoms with Crippen molar-refractivity contribution < 1.29 is 19.4 Å². The Kier molecular flexibility index (Phi) is 31.7. The summed E-state index contributed by atoms with van der Waals surface area (Å²) >= 11 is 0. The second kappa shape index (κ2) is 32.9. The van der Waals surface area contributed by atoms with Crippen molar-refractivity contribution >= 4 is 11.9 Å². The first-order chi connectivity index (χ1) is 20.1. The molecule has 0 aliphatic carbocycles. The van der Waals surface area contributed by atoms with E-state index in [9.17, 15) is 14.7 Å². The number of aliphatic carboxylic acids is 1. The number of esters is 1. The number of rotatable bonds is 33. The first-order valence-corrected chi connectivity index (χ1v) is 17.8. The molecule has 0 aliphatic heterocycles. The molecule has 1 N–H and O–H groups in total. The summed E-state index contributed by atoms with van der Waals surface area (Å²) in [5.41, 5.74) is 0. The maximum absolute atomic E-state index is 11.6. The molecule has 4 heteroatoms. The molecule has 0 aromatic rings. The van der Waals surface area contributed by atoms with Crippen LogP contribution in [-0.4, -0.2) is 23.7 Å². The average molecular weight is 577 g/mol. The highest BCUT2D eigenvalue weighted by molar-refractivity contribution is 5.78. The van der Waals surface area contributed by atoms with Gasteiger partial charge in [0.25, 0.3) is 0 Å². The summed E-state index contributed by atoms with van der Waals surface area (Å²) in [5, 5.41) is 9.32. The average Bonchev–Trinajstić information content (AvgIpc) is 2.96. The van der Waals surface area contributed by atoms with Gasteiger partial charge in [0.15, 0.2) is 0 Å². The molecule has 0 saturated heterocycles. The molecule has 0 aromatic heterocycles. The van der Waals surface area contributed by atoms with E-state index in [2.05, 4.69) is 25.7 Å². The molecule has 240 valence electrons. The van der Waals surface area contributed by atoms with Crippen LogP contribution in [-0.2, 0) is 14.3 Å². The molecule has 0 rings (SSSR count). The quantitative estimate of drug-likeness (QED) is 0.0479. The first kappa shape index (κ1) is 39.4. The Morgan fingerprint density at radius 3 is 1.34 bits per heavy atom. The molecule has 41 heavy (non-hydrogen) atoms. The van der Waals surface area contributed by atoms with Crippen LogP contribution in [0, 0.1) is 5.92 Å². The molecule has 0 fully saturated rings. The van der Waals surface area contributed by atoms with Gasteiger partial charge in [0.2, 0.25) is 0 Å². The zero-order chi connectivity index (χ0) is 30.1. The van der Waals surface area contributed by atoms with Gasteiger partial charge in [-0.1, -0.05) is 179 Å². The van der Waals surface area contributed by atoms with Gasteiger partial charge in [-0.25, -0.2) is 0 Å². The van der Waals surface area contributed by atoms with Crippen LogP contribution >= 0.6 is 0 Å². The van der Waals surface area contributed by atoms with Crippen LogP contribution in [0.3, 0.4) is 0 Å². The molecule has 0 aliphatic rings. The van der Waals surface area contributed by atoms with E-state index in [4.69, 9.17) is 4.74 Å². The van der Waals surface area contributed by atoms with Crippen LogP contribution in [0.25, 0.3) is 0 Å². The Morgan fingerprint density at radius 2 is 0.976 bits per heavy atom. The topological polar surface area (TPSA) is 63.6 Å². The third-order valence-corrected chi connectivity index (χ3v) is 8.19. The highest BCUT2D eigenvalue weighted by atomic mass is 16.5. The lowest BCUT2D eigenvalue weighted by Crippen LogP contribution is -2.19. The smallest absolute Gasteiger partial charge is 0.307 e. The third-order valence-electron chi connectivity index (χ3n) is 8.19. The van der Waals surface area contributed by atoms with E-state index >= 15 is 0 Å². The van der Waals surface area contributed by atoms with Crippen molar-refractivity contribution in [2.75, 3.05) is 6.61 Å². The van der Waals surface area contributed by atoms with Gasteiger partial charge in [-0.2, -0.15) is 0 Å². The van der Waals surface area contributed by atoms with Crippen LogP contribution in [0.15, 0.2) is 24.8 Å². The van der Waals surface area contributed by atoms with Crippen molar-refractivity contribution in [2.45, 2.75) is 187 Å². The zero-order valence-corrected chi connectivity index (χ0v) is 27.2.